The van der Waals surface area contributed by atoms with E-state index in [0.29, 0.717) is 24.3 Å². The van der Waals surface area contributed by atoms with Gasteiger partial charge >= 0.3 is 0 Å². The molecule has 2 N–H and O–H groups in total. The van der Waals surface area contributed by atoms with Gasteiger partial charge in [0, 0.05) is 18.3 Å². The van der Waals surface area contributed by atoms with Crippen molar-refractivity contribution in [1.82, 2.24) is 5.32 Å². The summed E-state index contributed by atoms with van der Waals surface area (Å²) in [5.41, 5.74) is -0.00914. The zero-order chi connectivity index (χ0) is 13.6. The van der Waals surface area contributed by atoms with Crippen LogP contribution in [-0.4, -0.2) is 35.3 Å². The molecule has 0 bridgehead atoms. The maximum Gasteiger partial charge on any atom is 0.126 e. The van der Waals surface area contributed by atoms with E-state index in [-0.39, 0.29) is 11.9 Å². The monoisotopic (exact) mass is 271 g/mol. The van der Waals surface area contributed by atoms with Gasteiger partial charge in [0.05, 0.1) is 5.60 Å². The Labute approximate surface area is 113 Å². The van der Waals surface area contributed by atoms with Gasteiger partial charge in [0.15, 0.2) is 0 Å². The topological polar surface area (TPSA) is 32.3 Å². The lowest BCUT2D eigenvalue weighted by atomic mass is 10.0. The molecule has 1 rings (SSSR count). The van der Waals surface area contributed by atoms with Crippen LogP contribution in [0.4, 0.5) is 4.39 Å². The van der Waals surface area contributed by atoms with Crippen molar-refractivity contribution in [3.05, 3.63) is 35.6 Å². The molecule has 2 atom stereocenters. The molecule has 0 amide bonds. The number of halogens is 1. The van der Waals surface area contributed by atoms with Gasteiger partial charge in [-0.25, -0.2) is 4.39 Å². The zero-order valence-electron chi connectivity index (χ0n) is 11.2. The van der Waals surface area contributed by atoms with Crippen LogP contribution in [0.5, 0.6) is 0 Å². The first-order chi connectivity index (χ1) is 8.44. The molecule has 0 heterocycles. The highest BCUT2D eigenvalue weighted by atomic mass is 32.2. The highest BCUT2D eigenvalue weighted by Gasteiger charge is 2.20. The van der Waals surface area contributed by atoms with Crippen LogP contribution in [-0.2, 0) is 6.42 Å². The molecule has 0 aliphatic carbocycles. The number of hydrogen-bond acceptors (Lipinski definition) is 3. The molecule has 2 nitrogen and oxygen atoms in total. The van der Waals surface area contributed by atoms with Crippen molar-refractivity contribution in [2.75, 3.05) is 18.6 Å². The molecule has 0 aliphatic rings. The molecule has 0 spiro atoms. The van der Waals surface area contributed by atoms with Crippen molar-refractivity contribution in [3.8, 4) is 0 Å². The second-order valence-corrected chi connectivity index (χ2v) is 5.87. The summed E-state index contributed by atoms with van der Waals surface area (Å²) < 4.78 is 13.5. The lowest BCUT2D eigenvalue weighted by Crippen LogP contribution is -2.44. The Balaban J connectivity index is 2.43. The van der Waals surface area contributed by atoms with Crippen molar-refractivity contribution in [1.29, 1.82) is 0 Å². The molecule has 0 saturated carbocycles. The lowest BCUT2D eigenvalue weighted by molar-refractivity contribution is 0.0820. The third-order valence-electron chi connectivity index (χ3n) is 2.77. The number of aliphatic hydroxyl groups is 1. The first kappa shape index (κ1) is 15.5. The van der Waals surface area contributed by atoms with E-state index in [1.54, 1.807) is 23.9 Å². The van der Waals surface area contributed by atoms with E-state index in [1.807, 2.05) is 26.2 Å². The molecule has 1 aromatic rings. The Morgan fingerprint density at radius 1 is 1.44 bits per heavy atom. The van der Waals surface area contributed by atoms with Crippen LogP contribution in [0.25, 0.3) is 0 Å². The molecule has 18 heavy (non-hydrogen) atoms. The van der Waals surface area contributed by atoms with E-state index < -0.39 is 5.60 Å². The predicted octanol–water partition coefficient (Wildman–Crippen LogP) is 2.46. The molecule has 0 aromatic heterocycles. The molecular weight excluding hydrogens is 249 g/mol. The fourth-order valence-electron chi connectivity index (χ4n) is 1.82. The number of benzene rings is 1. The largest absolute Gasteiger partial charge is 0.388 e. The van der Waals surface area contributed by atoms with Crippen molar-refractivity contribution in [2.24, 2.45) is 0 Å². The standard InChI is InChI=1S/C14H22FNOS/c1-11(16-9-14(2,17)10-18-3)8-12-6-4-5-7-13(12)15/h4-7,11,16-17H,8-10H2,1-3H3. The number of thioether (sulfide) groups is 1. The Kier molecular flexibility index (Phi) is 6.12. The van der Waals surface area contributed by atoms with Gasteiger partial charge in [-0.1, -0.05) is 18.2 Å². The second-order valence-electron chi connectivity index (χ2n) is 5.01. The van der Waals surface area contributed by atoms with Gasteiger partial charge in [0.25, 0.3) is 0 Å². The molecule has 1 aromatic carbocycles. The summed E-state index contributed by atoms with van der Waals surface area (Å²) in [7, 11) is 0. The lowest BCUT2D eigenvalue weighted by Gasteiger charge is -2.25. The van der Waals surface area contributed by atoms with E-state index in [1.165, 1.54) is 6.07 Å². The minimum absolute atomic E-state index is 0.134. The molecule has 102 valence electrons. The predicted molar refractivity (Wildman–Crippen MR) is 76.6 cm³/mol. The first-order valence-corrected chi connectivity index (χ1v) is 7.52. The van der Waals surface area contributed by atoms with E-state index in [2.05, 4.69) is 5.32 Å². The van der Waals surface area contributed by atoms with Gasteiger partial charge in [-0.05, 0) is 38.2 Å². The van der Waals surface area contributed by atoms with Gasteiger partial charge in [-0.2, -0.15) is 11.8 Å². The summed E-state index contributed by atoms with van der Waals surface area (Å²) in [6.07, 6.45) is 2.60. The minimum atomic E-state index is -0.719. The average molecular weight is 271 g/mol. The van der Waals surface area contributed by atoms with Gasteiger partial charge in [-0.15, -0.1) is 0 Å². The average Bonchev–Trinajstić information content (AvgIpc) is 2.30. The fraction of sp³-hybridized carbons (Fsp3) is 0.571. The van der Waals surface area contributed by atoms with Crippen molar-refractivity contribution in [2.45, 2.75) is 31.9 Å². The van der Waals surface area contributed by atoms with Gasteiger partial charge in [-0.3, -0.25) is 0 Å². The summed E-state index contributed by atoms with van der Waals surface area (Å²) in [6.45, 7) is 4.33. The highest BCUT2D eigenvalue weighted by molar-refractivity contribution is 7.98. The molecule has 0 radical (unpaired) electrons. The third-order valence-corrected chi connectivity index (χ3v) is 3.68. The van der Waals surface area contributed by atoms with Crippen molar-refractivity contribution >= 4 is 11.8 Å². The molecule has 2 unspecified atom stereocenters. The van der Waals surface area contributed by atoms with Crippen LogP contribution < -0.4 is 5.32 Å². The van der Waals surface area contributed by atoms with Gasteiger partial charge in [0.1, 0.15) is 5.82 Å². The molecule has 4 heteroatoms. The Hall–Kier alpha value is -0.580. The van der Waals surface area contributed by atoms with E-state index >= 15 is 0 Å². The fourth-order valence-corrected chi connectivity index (χ4v) is 2.55. The molecular formula is C14H22FNOS. The summed E-state index contributed by atoms with van der Waals surface area (Å²) in [4.78, 5) is 0. The van der Waals surface area contributed by atoms with Crippen LogP contribution in [0, 0.1) is 5.82 Å². The third kappa shape index (κ3) is 5.38. The molecule has 0 saturated heterocycles. The maximum absolute atomic E-state index is 13.5. The number of nitrogens with one attached hydrogen (secondary N) is 1. The van der Waals surface area contributed by atoms with Crippen LogP contribution in [0.3, 0.4) is 0 Å². The Morgan fingerprint density at radius 3 is 2.72 bits per heavy atom. The summed E-state index contributed by atoms with van der Waals surface area (Å²) in [6, 6.07) is 6.95. The van der Waals surface area contributed by atoms with E-state index in [4.69, 9.17) is 0 Å². The van der Waals surface area contributed by atoms with Crippen molar-refractivity contribution in [3.63, 3.8) is 0 Å². The van der Waals surface area contributed by atoms with Crippen LogP contribution in [0.15, 0.2) is 24.3 Å². The van der Waals surface area contributed by atoms with Crippen LogP contribution >= 0.6 is 11.8 Å². The number of rotatable bonds is 7. The summed E-state index contributed by atoms with van der Waals surface area (Å²) >= 11 is 1.62. The van der Waals surface area contributed by atoms with Crippen LogP contribution in [0.1, 0.15) is 19.4 Å². The van der Waals surface area contributed by atoms with Crippen molar-refractivity contribution < 1.29 is 9.50 Å². The smallest absolute Gasteiger partial charge is 0.126 e. The quantitative estimate of drug-likeness (QED) is 0.799. The second kappa shape index (κ2) is 7.12. The SMILES string of the molecule is CSCC(C)(O)CNC(C)Cc1ccccc1F. The van der Waals surface area contributed by atoms with Gasteiger partial charge < -0.3 is 10.4 Å². The van der Waals surface area contributed by atoms with E-state index in [9.17, 15) is 9.50 Å². The zero-order valence-corrected chi connectivity index (χ0v) is 12.1. The molecule has 0 aliphatic heterocycles. The Morgan fingerprint density at radius 2 is 2.11 bits per heavy atom. The van der Waals surface area contributed by atoms with E-state index in [0.717, 1.165) is 0 Å². The highest BCUT2D eigenvalue weighted by Crippen LogP contribution is 2.11. The maximum atomic E-state index is 13.5. The summed E-state index contributed by atoms with van der Waals surface area (Å²) in [5.74, 6) is 0.522. The minimum Gasteiger partial charge on any atom is -0.388 e. The molecule has 0 fully saturated rings. The number of hydrogen-bond donors (Lipinski definition) is 2. The van der Waals surface area contributed by atoms with Crippen LogP contribution in [0.2, 0.25) is 0 Å². The summed E-state index contributed by atoms with van der Waals surface area (Å²) in [5, 5.41) is 13.3. The van der Waals surface area contributed by atoms with Gasteiger partial charge in [0.2, 0.25) is 0 Å². The first-order valence-electron chi connectivity index (χ1n) is 6.13. The normalized spacial score (nSPS) is 16.3. The Bertz CT molecular complexity index is 371.